The summed E-state index contributed by atoms with van der Waals surface area (Å²) in [5.41, 5.74) is -0.580. The van der Waals surface area contributed by atoms with E-state index in [0.717, 1.165) is 29.5 Å². The van der Waals surface area contributed by atoms with Crippen LogP contribution in [0.5, 0.6) is 5.75 Å². The number of anilines is 1. The van der Waals surface area contributed by atoms with Crippen LogP contribution in [-0.2, 0) is 16.5 Å². The molecule has 1 aliphatic heterocycles. The first kappa shape index (κ1) is 25.1. The van der Waals surface area contributed by atoms with Crippen molar-refractivity contribution in [2.24, 2.45) is 10.2 Å². The SMILES string of the molecule is O=S(=O)(O)c1cc2c(cc1N=Nc1nc3ccc(OC(F)(F)C(F)F)cc3s1)CCN2C(F)(F)F. The number of aromatic nitrogens is 1. The van der Waals surface area contributed by atoms with Crippen molar-refractivity contribution >= 4 is 48.2 Å². The van der Waals surface area contributed by atoms with Gasteiger partial charge in [0, 0.05) is 12.2 Å². The number of nitrogens with zero attached hydrogens (tertiary/aromatic N) is 4. The number of halogens is 7. The highest BCUT2D eigenvalue weighted by Gasteiger charge is 2.44. The molecule has 0 spiro atoms. The fourth-order valence-corrected chi connectivity index (χ4v) is 4.69. The first-order valence-corrected chi connectivity index (χ1v) is 11.6. The van der Waals surface area contributed by atoms with E-state index in [1.54, 1.807) is 0 Å². The molecule has 0 bridgehead atoms. The van der Waals surface area contributed by atoms with Crippen LogP contribution in [0.4, 0.5) is 47.2 Å². The van der Waals surface area contributed by atoms with Crippen molar-refractivity contribution in [2.75, 3.05) is 11.4 Å². The van der Waals surface area contributed by atoms with E-state index in [1.807, 2.05) is 0 Å². The predicted octanol–water partition coefficient (Wildman–Crippen LogP) is 6.08. The molecule has 3 aromatic rings. The topological polar surface area (TPSA) is 104 Å². The minimum Gasteiger partial charge on any atom is -0.428 e. The van der Waals surface area contributed by atoms with Gasteiger partial charge in [0.05, 0.1) is 10.2 Å². The molecule has 2 heterocycles. The van der Waals surface area contributed by atoms with Crippen molar-refractivity contribution < 1.29 is 48.4 Å². The first-order valence-electron chi connectivity index (χ1n) is 9.31. The molecule has 0 unspecified atom stereocenters. The highest BCUT2D eigenvalue weighted by Crippen LogP contribution is 2.42. The van der Waals surface area contributed by atoms with Gasteiger partial charge in [-0.2, -0.15) is 39.2 Å². The Hall–Kier alpha value is -3.05. The van der Waals surface area contributed by atoms with Crippen LogP contribution in [0.25, 0.3) is 10.2 Å². The molecule has 0 saturated heterocycles. The number of ether oxygens (including phenoxy) is 1. The van der Waals surface area contributed by atoms with Gasteiger partial charge in [0.2, 0.25) is 5.13 Å². The summed E-state index contributed by atoms with van der Waals surface area (Å²) in [5, 5.41) is 7.29. The molecule has 0 amide bonds. The molecule has 0 radical (unpaired) electrons. The highest BCUT2D eigenvalue weighted by molar-refractivity contribution is 7.86. The van der Waals surface area contributed by atoms with Gasteiger partial charge in [0.25, 0.3) is 10.1 Å². The summed E-state index contributed by atoms with van der Waals surface area (Å²) < 4.78 is 128. The largest absolute Gasteiger partial charge is 0.484 e. The first-order chi connectivity index (χ1) is 16.1. The van der Waals surface area contributed by atoms with Crippen LogP contribution in [0.2, 0.25) is 0 Å². The second kappa shape index (κ2) is 8.56. The van der Waals surface area contributed by atoms with E-state index in [9.17, 15) is 43.7 Å². The van der Waals surface area contributed by atoms with Crippen molar-refractivity contribution in [3.63, 3.8) is 0 Å². The molecule has 4 rings (SSSR count). The molecule has 35 heavy (non-hydrogen) atoms. The maximum absolute atomic E-state index is 13.2. The lowest BCUT2D eigenvalue weighted by Gasteiger charge is -2.22. The molecule has 188 valence electrons. The Balaban J connectivity index is 1.67. The molecule has 0 atom stereocenters. The Bertz CT molecular complexity index is 1420. The maximum Gasteiger partial charge on any atom is 0.484 e. The lowest BCUT2D eigenvalue weighted by Crippen LogP contribution is -2.36. The Labute approximate surface area is 195 Å². The zero-order valence-corrected chi connectivity index (χ0v) is 18.4. The zero-order valence-electron chi connectivity index (χ0n) is 16.8. The fraction of sp³-hybridized carbons (Fsp3) is 0.278. The molecule has 1 N–H and O–H groups in total. The summed E-state index contributed by atoms with van der Waals surface area (Å²) in [4.78, 5) is 3.12. The number of hydrogen-bond donors (Lipinski definition) is 1. The number of alkyl halides is 7. The van der Waals surface area contributed by atoms with Crippen LogP contribution in [-0.4, -0.2) is 43.3 Å². The quantitative estimate of drug-likeness (QED) is 0.175. The number of benzene rings is 2. The second-order valence-electron chi connectivity index (χ2n) is 7.08. The summed E-state index contributed by atoms with van der Waals surface area (Å²) in [6, 6.07) is 4.85. The summed E-state index contributed by atoms with van der Waals surface area (Å²) in [6.07, 6.45) is -13.6. The molecule has 1 aromatic heterocycles. The third kappa shape index (κ3) is 5.15. The third-order valence-electron chi connectivity index (χ3n) is 4.74. The van der Waals surface area contributed by atoms with Crippen LogP contribution in [0.3, 0.4) is 0 Å². The van der Waals surface area contributed by atoms with E-state index in [4.69, 9.17) is 0 Å². The summed E-state index contributed by atoms with van der Waals surface area (Å²) in [7, 11) is -5.00. The average Bonchev–Trinajstić information content (AvgIpc) is 3.33. The number of rotatable bonds is 6. The Morgan fingerprint density at radius 2 is 1.83 bits per heavy atom. The van der Waals surface area contributed by atoms with E-state index in [-0.39, 0.29) is 32.2 Å². The fourth-order valence-electron chi connectivity index (χ4n) is 3.25. The van der Waals surface area contributed by atoms with Crippen molar-refractivity contribution in [2.45, 2.75) is 30.2 Å². The lowest BCUT2D eigenvalue weighted by molar-refractivity contribution is -0.253. The minimum atomic E-state index is -5.00. The van der Waals surface area contributed by atoms with Gasteiger partial charge in [-0.3, -0.25) is 9.45 Å². The van der Waals surface area contributed by atoms with E-state index >= 15 is 0 Å². The second-order valence-corrected chi connectivity index (χ2v) is 9.48. The van der Waals surface area contributed by atoms with Gasteiger partial charge in [-0.1, -0.05) is 11.3 Å². The standard InChI is InChI=1S/C18H11F7N4O4S2/c19-15(20)17(21,22)33-9-1-2-10-13(6-9)34-16(26-10)28-27-11-5-8-3-4-29(18(23,24)25)12(8)7-14(11)35(30,31)32/h1-2,5-7,15H,3-4H2,(H,30,31,32). The smallest absolute Gasteiger partial charge is 0.428 e. The van der Waals surface area contributed by atoms with E-state index in [0.29, 0.717) is 6.07 Å². The van der Waals surface area contributed by atoms with Crippen LogP contribution in [0.1, 0.15) is 5.56 Å². The molecule has 0 fully saturated rings. The molecule has 2 aromatic carbocycles. The normalized spacial score (nSPS) is 14.9. The lowest BCUT2D eigenvalue weighted by atomic mass is 10.1. The summed E-state index contributed by atoms with van der Waals surface area (Å²) >= 11 is 0.755. The number of azo groups is 1. The van der Waals surface area contributed by atoms with Crippen molar-refractivity contribution in [3.05, 3.63) is 35.9 Å². The van der Waals surface area contributed by atoms with Gasteiger partial charge < -0.3 is 4.74 Å². The Morgan fingerprint density at radius 1 is 1.11 bits per heavy atom. The van der Waals surface area contributed by atoms with E-state index in [2.05, 4.69) is 19.9 Å². The molecule has 17 heteroatoms. The van der Waals surface area contributed by atoms with Gasteiger partial charge in [0.15, 0.2) is 0 Å². The van der Waals surface area contributed by atoms with E-state index < -0.39 is 57.5 Å². The van der Waals surface area contributed by atoms with Gasteiger partial charge in [-0.25, -0.2) is 4.98 Å². The van der Waals surface area contributed by atoms with Gasteiger partial charge in [-0.15, -0.1) is 10.2 Å². The molecular formula is C18H11F7N4O4S2. The van der Waals surface area contributed by atoms with Gasteiger partial charge >= 0.3 is 18.8 Å². The molecule has 0 saturated carbocycles. The molecule has 8 nitrogen and oxygen atoms in total. The van der Waals surface area contributed by atoms with Crippen LogP contribution in [0.15, 0.2) is 45.5 Å². The third-order valence-corrected chi connectivity index (χ3v) is 6.52. The van der Waals surface area contributed by atoms with Gasteiger partial charge in [-0.05, 0) is 42.3 Å². The van der Waals surface area contributed by atoms with Crippen LogP contribution < -0.4 is 9.64 Å². The summed E-state index contributed by atoms with van der Waals surface area (Å²) in [6.45, 7) is -0.461. The van der Waals surface area contributed by atoms with Crippen LogP contribution >= 0.6 is 11.3 Å². The monoisotopic (exact) mass is 544 g/mol. The zero-order chi connectivity index (χ0) is 25.8. The molecule has 0 aliphatic carbocycles. The summed E-state index contributed by atoms with van der Waals surface area (Å²) in [5.74, 6) is -0.573. The van der Waals surface area contributed by atoms with Crippen molar-refractivity contribution in [1.82, 2.24) is 4.98 Å². The van der Waals surface area contributed by atoms with Crippen molar-refractivity contribution in [3.8, 4) is 5.75 Å². The Kier molecular flexibility index (Phi) is 6.13. The molecular weight excluding hydrogens is 533 g/mol. The highest BCUT2D eigenvalue weighted by atomic mass is 32.2. The number of fused-ring (bicyclic) bond motifs is 2. The predicted molar refractivity (Wildman–Crippen MR) is 109 cm³/mol. The van der Waals surface area contributed by atoms with Crippen molar-refractivity contribution in [1.29, 1.82) is 0 Å². The molecule has 1 aliphatic rings. The minimum absolute atomic E-state index is 0.0305. The average molecular weight is 544 g/mol. The van der Waals surface area contributed by atoms with E-state index in [1.165, 1.54) is 6.07 Å². The maximum atomic E-state index is 13.2. The number of thiazole rings is 1. The number of hydrogen-bond acceptors (Lipinski definition) is 8. The Morgan fingerprint density at radius 3 is 2.46 bits per heavy atom. The van der Waals surface area contributed by atoms with Gasteiger partial charge in [0.1, 0.15) is 16.3 Å². The van der Waals surface area contributed by atoms with Crippen LogP contribution in [0, 0.1) is 0 Å².